The highest BCUT2D eigenvalue weighted by Crippen LogP contribution is 2.66. The summed E-state index contributed by atoms with van der Waals surface area (Å²) in [6.07, 6.45) is -4.18. The van der Waals surface area contributed by atoms with E-state index in [1.165, 1.54) is 6.08 Å². The number of imide groups is 4. The molecule has 5 rings (SSSR count). The molecule has 39 heavy (non-hydrogen) atoms. The van der Waals surface area contributed by atoms with E-state index in [-0.39, 0.29) is 23.0 Å². The van der Waals surface area contributed by atoms with Crippen molar-refractivity contribution < 1.29 is 47.0 Å². The average molecular weight is 655 g/mol. The Kier molecular flexibility index (Phi) is 6.28. The zero-order valence-electron chi connectivity index (χ0n) is 19.4. The van der Waals surface area contributed by atoms with E-state index in [1.54, 1.807) is 0 Å². The van der Waals surface area contributed by atoms with Gasteiger partial charge in [0.2, 0.25) is 11.8 Å². The van der Waals surface area contributed by atoms with Crippen LogP contribution in [0, 0.1) is 17.8 Å². The maximum Gasteiger partial charge on any atom is 0.573 e. The van der Waals surface area contributed by atoms with Gasteiger partial charge in [-0.25, -0.2) is 4.79 Å². The molecule has 6 atom stereocenters. The van der Waals surface area contributed by atoms with E-state index in [0.29, 0.717) is 9.80 Å². The fourth-order valence-electron chi connectivity index (χ4n) is 6.28. The first-order valence-electron chi connectivity index (χ1n) is 11.3. The van der Waals surface area contributed by atoms with Crippen LogP contribution in [0.2, 0.25) is 0 Å². The Hall–Kier alpha value is -2.84. The monoisotopic (exact) mass is 653 g/mol. The highest BCUT2D eigenvalue weighted by Gasteiger charge is 2.76. The van der Waals surface area contributed by atoms with Crippen molar-refractivity contribution in [1.82, 2.24) is 9.80 Å². The van der Waals surface area contributed by atoms with Gasteiger partial charge >= 0.3 is 12.4 Å². The number of allylic oxidation sites excluding steroid dienone is 2. The van der Waals surface area contributed by atoms with Crippen LogP contribution in [0.5, 0.6) is 11.5 Å². The molecule has 0 bridgehead atoms. The number of hydrogen-bond donors (Lipinski definition) is 2. The van der Waals surface area contributed by atoms with Crippen molar-refractivity contribution in [3.63, 3.8) is 0 Å². The number of ether oxygens (including phenoxy) is 1. The molecule has 0 aromatic heterocycles. The number of phenolic OH excluding ortho intramolecular Hbond substituents is 1. The largest absolute Gasteiger partial charge is 0.573 e. The Balaban J connectivity index is 1.74. The van der Waals surface area contributed by atoms with Crippen LogP contribution >= 0.6 is 39.1 Å². The number of carbonyl (C=O) groups is 5. The number of aromatic hydroxyl groups is 1. The molecule has 0 spiro atoms. The molecule has 0 radical (unpaired) electrons. The molecule has 2 aliphatic heterocycles. The number of carbonyl (C=O) groups excluding carboxylic acids is 5. The van der Waals surface area contributed by atoms with Crippen molar-refractivity contribution in [3.05, 3.63) is 35.4 Å². The first-order chi connectivity index (χ1) is 18.1. The van der Waals surface area contributed by atoms with Crippen LogP contribution in [0.25, 0.3) is 0 Å². The van der Waals surface area contributed by atoms with Gasteiger partial charge in [0, 0.05) is 11.5 Å². The zero-order valence-corrected chi connectivity index (χ0v) is 22.5. The fourth-order valence-corrected chi connectivity index (χ4v) is 7.69. The number of alkyl halides is 6. The number of nitrogens with two attached hydrogens (primary N) is 1. The number of likely N-dealkylation sites (tertiary alicyclic amines) is 2. The molecule has 1 aromatic carbocycles. The Morgan fingerprint density at radius 1 is 1.15 bits per heavy atom. The van der Waals surface area contributed by atoms with Gasteiger partial charge in [-0.1, -0.05) is 27.6 Å². The van der Waals surface area contributed by atoms with Crippen molar-refractivity contribution in [2.45, 2.75) is 34.9 Å². The van der Waals surface area contributed by atoms with Gasteiger partial charge < -0.3 is 15.6 Å². The zero-order chi connectivity index (χ0) is 28.8. The number of nitrogens with zero attached hydrogens (tertiary/aromatic N) is 2. The van der Waals surface area contributed by atoms with E-state index in [1.807, 2.05) is 0 Å². The maximum atomic E-state index is 13.6. The summed E-state index contributed by atoms with van der Waals surface area (Å²) in [4.78, 5) is 61.5. The van der Waals surface area contributed by atoms with Crippen molar-refractivity contribution in [1.29, 1.82) is 0 Å². The molecule has 1 saturated carbocycles. The smallest absolute Gasteiger partial charge is 0.508 e. The first-order valence-corrected chi connectivity index (χ1v) is 13.2. The summed E-state index contributed by atoms with van der Waals surface area (Å²) < 4.78 is 43.0. The second kappa shape index (κ2) is 8.83. The molecule has 3 N–H and O–H groups in total. The normalized spacial score (nSPS) is 34.1. The summed E-state index contributed by atoms with van der Waals surface area (Å²) in [6.45, 7) is 0. The average Bonchev–Trinajstić information content (AvgIpc) is 3.18. The van der Waals surface area contributed by atoms with Crippen molar-refractivity contribution in [2.24, 2.45) is 23.5 Å². The van der Waals surface area contributed by atoms with Crippen molar-refractivity contribution in [3.8, 4) is 11.5 Å². The second-order valence-electron chi connectivity index (χ2n) is 9.61. The third-order valence-electron chi connectivity index (χ3n) is 7.78. The standard InChI is InChI=1S/C23H17BrCl2F3N3O7/c24-7-31-18(36)21(25)6-12-9(2-3-10-14(12)17(35)32(16(10)34)20(30)38)15(22(21,26)19(31)37)11-5-8(1-4-13(11)33)39-23(27,28)29/h1-2,4-5,10,12,14-15,33H,3,6-7H2,(H2,30,38). The lowest BCUT2D eigenvalue weighted by atomic mass is 9.56. The molecule has 1 aromatic rings. The van der Waals surface area contributed by atoms with Gasteiger partial charge in [0.25, 0.3) is 11.8 Å². The van der Waals surface area contributed by atoms with Gasteiger partial charge in [-0.15, -0.1) is 36.4 Å². The van der Waals surface area contributed by atoms with E-state index < -0.39 is 87.4 Å². The van der Waals surface area contributed by atoms with E-state index in [4.69, 9.17) is 28.9 Å². The predicted molar refractivity (Wildman–Crippen MR) is 130 cm³/mol. The molecular weight excluding hydrogens is 638 g/mol. The lowest BCUT2D eigenvalue weighted by molar-refractivity contribution is -0.274. The minimum atomic E-state index is -5.10. The van der Waals surface area contributed by atoms with Gasteiger partial charge in [-0.3, -0.25) is 24.1 Å². The molecule has 2 aliphatic carbocycles. The molecular formula is C23H17BrCl2F3N3O7. The van der Waals surface area contributed by atoms with Gasteiger partial charge in [-0.05, 0) is 37.0 Å². The minimum Gasteiger partial charge on any atom is -0.508 e. The number of benzene rings is 1. The van der Waals surface area contributed by atoms with Crippen LogP contribution in [0.1, 0.15) is 24.3 Å². The summed E-state index contributed by atoms with van der Waals surface area (Å²) >= 11 is 16.9. The summed E-state index contributed by atoms with van der Waals surface area (Å²) in [5.41, 5.74) is 4.78. The Labute approximate surface area is 235 Å². The van der Waals surface area contributed by atoms with Crippen LogP contribution in [0.15, 0.2) is 29.8 Å². The van der Waals surface area contributed by atoms with E-state index in [9.17, 15) is 42.3 Å². The Morgan fingerprint density at radius 2 is 1.82 bits per heavy atom. The van der Waals surface area contributed by atoms with Crippen LogP contribution in [0.3, 0.4) is 0 Å². The SMILES string of the molecule is NC(=O)N1C(=O)C2CC=C3C(CC4(Cl)C(=O)N(CBr)C(=O)C4(Cl)C3c3cc(OC(F)(F)F)ccc3O)C2C1=O. The topological polar surface area (TPSA) is 147 Å². The van der Waals surface area contributed by atoms with Gasteiger partial charge in [0.1, 0.15) is 11.5 Å². The number of halogens is 6. The van der Waals surface area contributed by atoms with Crippen LogP contribution < -0.4 is 10.5 Å². The van der Waals surface area contributed by atoms with E-state index >= 15 is 0 Å². The number of hydrogen-bond acceptors (Lipinski definition) is 7. The minimum absolute atomic E-state index is 0.118. The van der Waals surface area contributed by atoms with Gasteiger partial charge in [-0.2, -0.15) is 4.90 Å². The summed E-state index contributed by atoms with van der Waals surface area (Å²) in [5.74, 6) is -9.97. The second-order valence-corrected chi connectivity index (χ2v) is 11.3. The molecule has 10 nitrogen and oxygen atoms in total. The number of primary amides is 1. The molecule has 2 saturated heterocycles. The highest BCUT2D eigenvalue weighted by molar-refractivity contribution is 9.09. The summed E-state index contributed by atoms with van der Waals surface area (Å²) in [7, 11) is 0. The highest BCUT2D eigenvalue weighted by atomic mass is 79.9. The van der Waals surface area contributed by atoms with E-state index in [2.05, 4.69) is 20.7 Å². The third-order valence-corrected chi connectivity index (χ3v) is 9.69. The number of phenols is 1. The molecule has 4 aliphatic rings. The van der Waals surface area contributed by atoms with Crippen LogP contribution in [-0.4, -0.2) is 66.1 Å². The first kappa shape index (κ1) is 27.7. The van der Waals surface area contributed by atoms with Gasteiger partial charge in [0.15, 0.2) is 9.75 Å². The summed E-state index contributed by atoms with van der Waals surface area (Å²) in [6, 6.07) is 1.25. The fraction of sp³-hybridized carbons (Fsp3) is 0.435. The maximum absolute atomic E-state index is 13.6. The molecule has 3 fully saturated rings. The van der Waals surface area contributed by atoms with Crippen LogP contribution in [0.4, 0.5) is 18.0 Å². The number of urea groups is 1. The molecule has 6 amide bonds. The summed E-state index contributed by atoms with van der Waals surface area (Å²) in [5, 5.41) is 10.8. The van der Waals surface area contributed by atoms with Crippen molar-refractivity contribution in [2.75, 3.05) is 5.45 Å². The Morgan fingerprint density at radius 3 is 2.41 bits per heavy atom. The van der Waals surface area contributed by atoms with Gasteiger partial charge in [0.05, 0.1) is 17.3 Å². The molecule has 2 heterocycles. The number of fused-ring (bicyclic) bond motifs is 4. The lowest BCUT2D eigenvalue weighted by Crippen LogP contribution is -2.60. The number of rotatable bonds is 3. The Bertz CT molecular complexity index is 1390. The molecule has 6 unspecified atom stereocenters. The molecule has 16 heteroatoms. The third kappa shape index (κ3) is 3.70. The quantitative estimate of drug-likeness (QED) is 0.220. The number of amides is 6. The predicted octanol–water partition coefficient (Wildman–Crippen LogP) is 3.08. The van der Waals surface area contributed by atoms with Crippen LogP contribution in [-0.2, 0) is 19.2 Å². The lowest BCUT2D eigenvalue weighted by Gasteiger charge is -2.50. The van der Waals surface area contributed by atoms with Crippen molar-refractivity contribution >= 4 is 68.8 Å². The van der Waals surface area contributed by atoms with E-state index in [0.717, 1.165) is 18.2 Å². The molecule has 208 valence electrons.